The predicted molar refractivity (Wildman–Crippen MR) is 69.0 cm³/mol. The van der Waals surface area contributed by atoms with Gasteiger partial charge >= 0.3 is 0 Å². The van der Waals surface area contributed by atoms with Gasteiger partial charge in [0.25, 0.3) is 0 Å². The topological polar surface area (TPSA) is 72.9 Å². The minimum atomic E-state index is -0.825. The Morgan fingerprint density at radius 3 is 2.69 bits per heavy atom. The van der Waals surface area contributed by atoms with Crippen molar-refractivity contribution < 1.29 is 4.21 Å². The molecule has 6 heteroatoms. The van der Waals surface area contributed by atoms with Gasteiger partial charge in [-0.1, -0.05) is 6.92 Å². The highest BCUT2D eigenvalue weighted by Crippen LogP contribution is 2.22. The zero-order chi connectivity index (χ0) is 12.3. The molecule has 1 aromatic heterocycles. The first kappa shape index (κ1) is 13.0. The van der Waals surface area contributed by atoms with Crippen LogP contribution >= 0.6 is 0 Å². The fraction of sp³-hybridized carbons (Fsp3) is 0.700. The van der Waals surface area contributed by atoms with Gasteiger partial charge in [0.1, 0.15) is 5.82 Å². The van der Waals surface area contributed by atoms with Gasteiger partial charge in [-0.05, 0) is 13.3 Å². The number of nitrogens with two attached hydrogens (primary N) is 1. The molecule has 1 heterocycles. The van der Waals surface area contributed by atoms with Gasteiger partial charge in [0.15, 0.2) is 0 Å². The minimum absolute atomic E-state index is 0.0966. The van der Waals surface area contributed by atoms with E-state index in [9.17, 15) is 4.21 Å². The quantitative estimate of drug-likeness (QED) is 0.801. The maximum atomic E-state index is 11.2. The van der Waals surface area contributed by atoms with E-state index in [-0.39, 0.29) is 5.25 Å². The van der Waals surface area contributed by atoms with Gasteiger partial charge in [-0.25, -0.2) is 0 Å². The minimum Gasteiger partial charge on any atom is -0.394 e. The zero-order valence-corrected chi connectivity index (χ0v) is 11.1. The molecule has 0 saturated carbocycles. The van der Waals surface area contributed by atoms with Gasteiger partial charge in [0, 0.05) is 35.9 Å². The zero-order valence-electron chi connectivity index (χ0n) is 10.3. The third-order valence-corrected chi connectivity index (χ3v) is 3.92. The molecule has 5 nitrogen and oxygen atoms in total. The highest BCUT2D eigenvalue weighted by molar-refractivity contribution is 7.84. The summed E-state index contributed by atoms with van der Waals surface area (Å²) in [6, 6.07) is 0. The molecule has 0 bridgehead atoms. The lowest BCUT2D eigenvalue weighted by atomic mass is 10.3. The van der Waals surface area contributed by atoms with Crippen LogP contribution in [0.4, 0.5) is 11.5 Å². The van der Waals surface area contributed by atoms with Crippen molar-refractivity contribution in [3.05, 3.63) is 5.69 Å². The van der Waals surface area contributed by atoms with E-state index >= 15 is 0 Å². The highest BCUT2D eigenvalue weighted by Gasteiger charge is 2.13. The molecule has 1 aromatic rings. The van der Waals surface area contributed by atoms with Crippen LogP contribution in [0.15, 0.2) is 0 Å². The maximum Gasteiger partial charge on any atom is 0.147 e. The molecular formula is C10H20N4OS. The standard InChI is InChI=1S/C10H20N4OS/c1-5-8-9(11)10(14(3)13-8)12-6-7(2)16(4)15/h7,12H,5-6,11H2,1-4H3. The molecule has 0 spiro atoms. The molecule has 3 N–H and O–H groups in total. The second-order valence-corrected chi connectivity index (χ2v) is 5.68. The first-order valence-electron chi connectivity index (χ1n) is 5.34. The van der Waals surface area contributed by atoms with E-state index in [0.717, 1.165) is 17.9 Å². The summed E-state index contributed by atoms with van der Waals surface area (Å²) in [5, 5.41) is 7.60. The Bertz CT molecular complexity index is 388. The number of nitrogens with one attached hydrogen (secondary N) is 1. The molecular weight excluding hydrogens is 224 g/mol. The molecule has 1 rings (SSSR count). The van der Waals surface area contributed by atoms with Crippen molar-refractivity contribution in [3.8, 4) is 0 Å². The first-order chi connectivity index (χ1) is 7.47. The normalized spacial score (nSPS) is 14.8. The summed E-state index contributed by atoms with van der Waals surface area (Å²) in [4.78, 5) is 0. The number of aromatic nitrogens is 2. The van der Waals surface area contributed by atoms with Crippen molar-refractivity contribution in [2.45, 2.75) is 25.5 Å². The Balaban J connectivity index is 2.74. The number of anilines is 2. The lowest BCUT2D eigenvalue weighted by Gasteiger charge is -2.11. The van der Waals surface area contributed by atoms with Gasteiger partial charge in [0.05, 0.1) is 11.4 Å². The van der Waals surface area contributed by atoms with Crippen molar-refractivity contribution in [2.24, 2.45) is 7.05 Å². The Kier molecular flexibility index (Phi) is 4.35. The number of hydrogen-bond donors (Lipinski definition) is 2. The molecule has 92 valence electrons. The fourth-order valence-electron chi connectivity index (χ4n) is 1.42. The molecule has 0 amide bonds. The summed E-state index contributed by atoms with van der Waals surface area (Å²) in [5.41, 5.74) is 7.55. The van der Waals surface area contributed by atoms with E-state index in [1.54, 1.807) is 10.9 Å². The number of hydrogen-bond acceptors (Lipinski definition) is 4. The Morgan fingerprint density at radius 1 is 1.62 bits per heavy atom. The SMILES string of the molecule is CCc1nn(C)c(NCC(C)S(C)=O)c1N. The smallest absolute Gasteiger partial charge is 0.147 e. The Hall–Kier alpha value is -1.04. The van der Waals surface area contributed by atoms with E-state index < -0.39 is 10.8 Å². The summed E-state index contributed by atoms with van der Waals surface area (Å²) in [6.07, 6.45) is 2.52. The van der Waals surface area contributed by atoms with Crippen LogP contribution in [-0.2, 0) is 24.3 Å². The Labute approximate surface area is 98.9 Å². The first-order valence-corrected chi connectivity index (χ1v) is 6.96. The maximum absolute atomic E-state index is 11.2. The molecule has 2 atom stereocenters. The molecule has 0 aliphatic heterocycles. The van der Waals surface area contributed by atoms with Crippen LogP contribution in [-0.4, -0.2) is 32.0 Å². The molecule has 0 fully saturated rings. The van der Waals surface area contributed by atoms with Crippen LogP contribution in [0.2, 0.25) is 0 Å². The van der Waals surface area contributed by atoms with Crippen molar-refractivity contribution in [1.29, 1.82) is 0 Å². The average molecular weight is 244 g/mol. The van der Waals surface area contributed by atoms with Crippen molar-refractivity contribution in [3.63, 3.8) is 0 Å². The largest absolute Gasteiger partial charge is 0.394 e. The number of aryl methyl sites for hydroxylation is 2. The second-order valence-electron chi connectivity index (χ2n) is 3.88. The van der Waals surface area contributed by atoms with Gasteiger partial charge in [0.2, 0.25) is 0 Å². The van der Waals surface area contributed by atoms with Crippen LogP contribution in [0.1, 0.15) is 19.5 Å². The lowest BCUT2D eigenvalue weighted by Crippen LogP contribution is -2.22. The summed E-state index contributed by atoms with van der Waals surface area (Å²) in [7, 11) is 1.03. The van der Waals surface area contributed by atoms with Crippen molar-refractivity contribution in [2.75, 3.05) is 23.9 Å². The van der Waals surface area contributed by atoms with E-state index in [2.05, 4.69) is 10.4 Å². The van der Waals surface area contributed by atoms with Crippen molar-refractivity contribution >= 4 is 22.3 Å². The third-order valence-electron chi connectivity index (χ3n) is 2.62. The van der Waals surface area contributed by atoms with Gasteiger partial charge < -0.3 is 11.1 Å². The number of nitrogens with zero attached hydrogens (tertiary/aromatic N) is 2. The molecule has 0 aromatic carbocycles. The van der Waals surface area contributed by atoms with Crippen LogP contribution in [0.25, 0.3) is 0 Å². The highest BCUT2D eigenvalue weighted by atomic mass is 32.2. The van der Waals surface area contributed by atoms with Crippen LogP contribution in [0.5, 0.6) is 0 Å². The monoisotopic (exact) mass is 244 g/mol. The molecule has 16 heavy (non-hydrogen) atoms. The number of nitrogen functional groups attached to an aromatic ring is 1. The van der Waals surface area contributed by atoms with E-state index in [1.807, 2.05) is 20.9 Å². The van der Waals surface area contributed by atoms with Crippen LogP contribution < -0.4 is 11.1 Å². The third kappa shape index (κ3) is 2.75. The molecule has 0 aliphatic carbocycles. The fourth-order valence-corrected chi connectivity index (χ4v) is 1.74. The van der Waals surface area contributed by atoms with Crippen LogP contribution in [0.3, 0.4) is 0 Å². The van der Waals surface area contributed by atoms with Gasteiger partial charge in [-0.2, -0.15) is 5.10 Å². The average Bonchev–Trinajstić information content (AvgIpc) is 2.51. The molecule has 0 radical (unpaired) electrons. The summed E-state index contributed by atoms with van der Waals surface area (Å²) in [5.74, 6) is 0.814. The summed E-state index contributed by atoms with van der Waals surface area (Å²) >= 11 is 0. The van der Waals surface area contributed by atoms with E-state index in [0.29, 0.717) is 12.2 Å². The van der Waals surface area contributed by atoms with E-state index in [4.69, 9.17) is 5.73 Å². The number of rotatable bonds is 5. The van der Waals surface area contributed by atoms with Gasteiger partial charge in [-0.15, -0.1) is 0 Å². The molecule has 0 saturated heterocycles. The summed E-state index contributed by atoms with van der Waals surface area (Å²) in [6.45, 7) is 4.60. The van der Waals surface area contributed by atoms with Crippen molar-refractivity contribution in [1.82, 2.24) is 9.78 Å². The molecule has 0 aliphatic rings. The predicted octanol–water partition coefficient (Wildman–Crippen LogP) is 0.744. The van der Waals surface area contributed by atoms with E-state index in [1.165, 1.54) is 0 Å². The second kappa shape index (κ2) is 5.34. The summed E-state index contributed by atoms with van der Waals surface area (Å²) < 4.78 is 12.9. The molecule has 2 unspecified atom stereocenters. The lowest BCUT2D eigenvalue weighted by molar-refractivity contribution is 0.678. The Morgan fingerprint density at radius 2 is 2.25 bits per heavy atom. The van der Waals surface area contributed by atoms with Gasteiger partial charge in [-0.3, -0.25) is 8.89 Å². The van der Waals surface area contributed by atoms with Crippen LogP contribution in [0, 0.1) is 0 Å².